The summed E-state index contributed by atoms with van der Waals surface area (Å²) in [7, 11) is 1.51. The third-order valence-corrected chi connectivity index (χ3v) is 6.52. The molecular weight excluding hydrogens is 468 g/mol. The van der Waals surface area contributed by atoms with Crippen LogP contribution in [0.2, 0.25) is 0 Å². The van der Waals surface area contributed by atoms with E-state index in [1.54, 1.807) is 55.5 Å². The molecule has 35 heavy (non-hydrogen) atoms. The van der Waals surface area contributed by atoms with E-state index < -0.39 is 5.56 Å². The summed E-state index contributed by atoms with van der Waals surface area (Å²) in [6.07, 6.45) is 1.31. The number of fused-ring (bicyclic) bond motifs is 1. The summed E-state index contributed by atoms with van der Waals surface area (Å²) in [4.78, 5) is 55.1. The molecule has 0 bridgehead atoms. The predicted molar refractivity (Wildman–Crippen MR) is 135 cm³/mol. The van der Waals surface area contributed by atoms with E-state index in [2.05, 4.69) is 15.6 Å². The van der Waals surface area contributed by atoms with Crippen molar-refractivity contribution >= 4 is 50.5 Å². The lowest BCUT2D eigenvalue weighted by Crippen LogP contribution is -2.24. The van der Waals surface area contributed by atoms with Gasteiger partial charge in [0.1, 0.15) is 10.6 Å². The number of nitrogens with one attached hydrogen (secondary N) is 2. The maximum absolute atomic E-state index is 13.2. The van der Waals surface area contributed by atoms with Gasteiger partial charge in [0, 0.05) is 18.2 Å². The lowest BCUT2D eigenvalue weighted by Gasteiger charge is -2.09. The van der Waals surface area contributed by atoms with Crippen molar-refractivity contribution in [2.45, 2.75) is 20.4 Å². The van der Waals surface area contributed by atoms with Gasteiger partial charge in [0.15, 0.2) is 5.78 Å². The summed E-state index contributed by atoms with van der Waals surface area (Å²) >= 11 is 1.11. The molecule has 4 rings (SSSR count). The average molecular weight is 491 g/mol. The number of carbonyl (C=O) groups is 3. The Bertz CT molecular complexity index is 1500. The number of hydrogen-bond donors (Lipinski definition) is 2. The van der Waals surface area contributed by atoms with Crippen LogP contribution in [0.25, 0.3) is 10.2 Å². The molecule has 2 heterocycles. The maximum Gasteiger partial charge on any atom is 0.266 e. The Morgan fingerprint density at radius 1 is 1.06 bits per heavy atom. The number of amides is 2. The number of aryl methyl sites for hydroxylation is 1. The number of nitrogens with zero attached hydrogens (tertiary/aromatic N) is 2. The van der Waals surface area contributed by atoms with Crippen LogP contribution < -0.4 is 20.9 Å². The fraction of sp³-hybridized carbons (Fsp3) is 0.160. The van der Waals surface area contributed by atoms with Gasteiger partial charge in [-0.25, -0.2) is 4.98 Å². The van der Waals surface area contributed by atoms with E-state index >= 15 is 0 Å². The first-order valence-electron chi connectivity index (χ1n) is 10.6. The van der Waals surface area contributed by atoms with E-state index in [0.717, 1.165) is 11.3 Å². The third-order valence-electron chi connectivity index (χ3n) is 5.32. The quantitative estimate of drug-likeness (QED) is 0.380. The summed E-state index contributed by atoms with van der Waals surface area (Å²) in [6.45, 7) is 2.87. The van der Waals surface area contributed by atoms with E-state index in [1.807, 2.05) is 0 Å². The Morgan fingerprint density at radius 3 is 2.46 bits per heavy atom. The molecule has 0 aliphatic heterocycles. The van der Waals surface area contributed by atoms with Gasteiger partial charge in [0.25, 0.3) is 11.5 Å². The van der Waals surface area contributed by atoms with Crippen molar-refractivity contribution in [3.63, 3.8) is 0 Å². The fourth-order valence-electron chi connectivity index (χ4n) is 3.60. The Hall–Kier alpha value is -4.31. The normalized spacial score (nSPS) is 10.7. The molecule has 0 radical (unpaired) electrons. The van der Waals surface area contributed by atoms with Crippen molar-refractivity contribution in [1.82, 2.24) is 9.55 Å². The highest BCUT2D eigenvalue weighted by atomic mass is 32.1. The van der Waals surface area contributed by atoms with Crippen molar-refractivity contribution in [2.24, 2.45) is 0 Å². The molecule has 178 valence electrons. The fourth-order valence-corrected chi connectivity index (χ4v) is 4.64. The van der Waals surface area contributed by atoms with Crippen LogP contribution in [-0.2, 0) is 11.3 Å². The highest BCUT2D eigenvalue weighted by Crippen LogP contribution is 2.29. The van der Waals surface area contributed by atoms with Crippen LogP contribution in [0.1, 0.15) is 32.5 Å². The van der Waals surface area contributed by atoms with Crippen LogP contribution >= 0.6 is 11.3 Å². The van der Waals surface area contributed by atoms with Gasteiger partial charge in [0.2, 0.25) is 5.91 Å². The second kappa shape index (κ2) is 9.90. The van der Waals surface area contributed by atoms with Crippen LogP contribution in [0.15, 0.2) is 59.7 Å². The molecule has 2 amide bonds. The molecule has 0 aliphatic carbocycles. The smallest absolute Gasteiger partial charge is 0.266 e. The number of anilines is 2. The molecule has 2 aromatic heterocycles. The van der Waals surface area contributed by atoms with Gasteiger partial charge < -0.3 is 15.4 Å². The van der Waals surface area contributed by atoms with Gasteiger partial charge in [-0.3, -0.25) is 23.7 Å². The number of Topliss-reactive ketones (excluding diaryl/α,β-unsaturated/α-hetero) is 1. The molecule has 0 spiro atoms. The van der Waals surface area contributed by atoms with Crippen molar-refractivity contribution in [3.8, 4) is 5.75 Å². The number of rotatable bonds is 7. The van der Waals surface area contributed by atoms with Crippen LogP contribution in [-0.4, -0.2) is 34.3 Å². The molecule has 0 aliphatic rings. The Morgan fingerprint density at radius 2 is 1.77 bits per heavy atom. The monoisotopic (exact) mass is 490 g/mol. The number of aromatic nitrogens is 2. The molecule has 2 aromatic carbocycles. The molecule has 4 aromatic rings. The standard InChI is InChI=1S/C25H22N4O5S/c1-14-21-24(35-22(14)23(32)28-18-6-4-5-7-20(18)34-3)26-13-29(25(21)33)12-19(31)16-8-10-17(11-9-16)27-15(2)30/h4-11,13H,12H2,1-3H3,(H,27,30)(H,28,32). The van der Waals surface area contributed by atoms with Gasteiger partial charge in [-0.1, -0.05) is 12.1 Å². The molecule has 2 N–H and O–H groups in total. The zero-order chi connectivity index (χ0) is 25.1. The molecule has 9 nitrogen and oxygen atoms in total. The lowest BCUT2D eigenvalue weighted by atomic mass is 10.1. The van der Waals surface area contributed by atoms with Gasteiger partial charge in [-0.05, 0) is 48.9 Å². The summed E-state index contributed by atoms with van der Waals surface area (Å²) < 4.78 is 6.51. The number of thiophene rings is 1. The molecule has 10 heteroatoms. The van der Waals surface area contributed by atoms with E-state index in [-0.39, 0.29) is 24.1 Å². The molecular formula is C25H22N4O5S. The molecule has 0 unspecified atom stereocenters. The number of methoxy groups -OCH3 is 1. The van der Waals surface area contributed by atoms with Crippen molar-refractivity contribution in [3.05, 3.63) is 81.2 Å². The van der Waals surface area contributed by atoms with Crippen molar-refractivity contribution in [1.29, 1.82) is 0 Å². The van der Waals surface area contributed by atoms with E-state index in [4.69, 9.17) is 4.74 Å². The van der Waals surface area contributed by atoms with Crippen LogP contribution in [0.5, 0.6) is 5.75 Å². The van der Waals surface area contributed by atoms with Crippen molar-refractivity contribution in [2.75, 3.05) is 17.7 Å². The Balaban J connectivity index is 1.59. The minimum atomic E-state index is -0.400. The minimum Gasteiger partial charge on any atom is -0.495 e. The van der Waals surface area contributed by atoms with E-state index in [0.29, 0.717) is 43.3 Å². The zero-order valence-electron chi connectivity index (χ0n) is 19.2. The van der Waals surface area contributed by atoms with Crippen molar-refractivity contribution < 1.29 is 19.1 Å². The van der Waals surface area contributed by atoms with Gasteiger partial charge in [-0.2, -0.15) is 0 Å². The van der Waals surface area contributed by atoms with Gasteiger partial charge >= 0.3 is 0 Å². The first-order chi connectivity index (χ1) is 16.8. The first-order valence-corrected chi connectivity index (χ1v) is 11.4. The number of ketones is 1. The predicted octanol–water partition coefficient (Wildman–Crippen LogP) is 3.87. The zero-order valence-corrected chi connectivity index (χ0v) is 20.1. The highest BCUT2D eigenvalue weighted by Gasteiger charge is 2.21. The highest BCUT2D eigenvalue weighted by molar-refractivity contribution is 7.20. The Kier molecular flexibility index (Phi) is 6.74. The SMILES string of the molecule is COc1ccccc1NC(=O)c1sc2ncn(CC(=O)c3ccc(NC(C)=O)cc3)c(=O)c2c1C. The second-order valence-electron chi connectivity index (χ2n) is 7.75. The lowest BCUT2D eigenvalue weighted by molar-refractivity contribution is -0.114. The van der Waals surface area contributed by atoms with Gasteiger partial charge in [-0.15, -0.1) is 11.3 Å². The van der Waals surface area contributed by atoms with E-state index in [9.17, 15) is 19.2 Å². The third kappa shape index (κ3) is 4.97. The summed E-state index contributed by atoms with van der Waals surface area (Å²) in [5.41, 5.74) is 1.57. The van der Waals surface area contributed by atoms with E-state index in [1.165, 1.54) is 24.9 Å². The topological polar surface area (TPSA) is 119 Å². The average Bonchev–Trinajstić information content (AvgIpc) is 3.18. The summed E-state index contributed by atoms with van der Waals surface area (Å²) in [5.74, 6) is -0.359. The number of hydrogen-bond acceptors (Lipinski definition) is 7. The van der Waals surface area contributed by atoms with Crippen LogP contribution in [0, 0.1) is 6.92 Å². The second-order valence-corrected chi connectivity index (χ2v) is 8.75. The Labute approximate surface area is 204 Å². The van der Waals surface area contributed by atoms with Gasteiger partial charge in [0.05, 0.1) is 35.9 Å². The largest absolute Gasteiger partial charge is 0.495 e. The number of benzene rings is 2. The maximum atomic E-state index is 13.2. The molecule has 0 saturated heterocycles. The minimum absolute atomic E-state index is 0.209. The van der Waals surface area contributed by atoms with Crippen LogP contribution in [0.3, 0.4) is 0 Å². The molecule has 0 atom stereocenters. The molecule has 0 saturated carbocycles. The number of ether oxygens (including phenoxy) is 1. The number of carbonyl (C=O) groups excluding carboxylic acids is 3. The summed E-state index contributed by atoms with van der Waals surface area (Å²) in [5, 5.41) is 5.75. The number of para-hydroxylation sites is 2. The van der Waals surface area contributed by atoms with Crippen LogP contribution in [0.4, 0.5) is 11.4 Å². The first kappa shape index (κ1) is 23.8. The molecule has 0 fully saturated rings. The summed E-state index contributed by atoms with van der Waals surface area (Å²) in [6, 6.07) is 13.4.